The van der Waals surface area contributed by atoms with Crippen LogP contribution in [-0.2, 0) is 14.8 Å². The number of hydrogen-bond acceptors (Lipinski definition) is 6. The van der Waals surface area contributed by atoms with E-state index in [1.165, 1.54) is 4.31 Å². The molecule has 2 aromatic rings. The quantitative estimate of drug-likeness (QED) is 0.529. The SMILES string of the molecule is COc1ccc(C(CC(C)C)NC(=O)CCCN(c2ccc3c(c2)OCO3)S(C)(=O)=O)cc1. The second-order valence-electron chi connectivity index (χ2n) is 8.50. The van der Waals surface area contributed by atoms with Gasteiger partial charge in [-0.1, -0.05) is 26.0 Å². The van der Waals surface area contributed by atoms with Crippen molar-refractivity contribution in [1.82, 2.24) is 5.32 Å². The Kier molecular flexibility index (Phi) is 8.07. The van der Waals surface area contributed by atoms with Crippen LogP contribution in [0.15, 0.2) is 42.5 Å². The third-order valence-corrected chi connectivity index (χ3v) is 6.56. The highest BCUT2D eigenvalue weighted by Crippen LogP contribution is 2.36. The summed E-state index contributed by atoms with van der Waals surface area (Å²) in [5.41, 5.74) is 1.49. The average molecular weight is 477 g/mol. The van der Waals surface area contributed by atoms with E-state index in [0.29, 0.717) is 29.5 Å². The molecule has 0 bridgehead atoms. The maximum Gasteiger partial charge on any atom is 0.232 e. The van der Waals surface area contributed by atoms with E-state index in [9.17, 15) is 13.2 Å². The lowest BCUT2D eigenvalue weighted by Gasteiger charge is -2.24. The van der Waals surface area contributed by atoms with Crippen molar-refractivity contribution < 1.29 is 27.4 Å². The molecule has 1 amide bonds. The maximum absolute atomic E-state index is 12.7. The molecule has 33 heavy (non-hydrogen) atoms. The lowest BCUT2D eigenvalue weighted by Crippen LogP contribution is -2.33. The van der Waals surface area contributed by atoms with Gasteiger partial charge in [0.25, 0.3) is 0 Å². The van der Waals surface area contributed by atoms with Crippen LogP contribution in [0.25, 0.3) is 0 Å². The molecule has 2 aromatic carbocycles. The van der Waals surface area contributed by atoms with Crippen LogP contribution in [0, 0.1) is 5.92 Å². The number of nitrogens with zero attached hydrogens (tertiary/aromatic N) is 1. The summed E-state index contributed by atoms with van der Waals surface area (Å²) < 4.78 is 41.9. The fourth-order valence-corrected chi connectivity index (χ4v) is 4.72. The summed E-state index contributed by atoms with van der Waals surface area (Å²) in [6, 6.07) is 12.6. The molecule has 180 valence electrons. The highest BCUT2D eigenvalue weighted by Gasteiger charge is 2.22. The van der Waals surface area contributed by atoms with Crippen molar-refractivity contribution in [3.05, 3.63) is 48.0 Å². The van der Waals surface area contributed by atoms with E-state index in [4.69, 9.17) is 14.2 Å². The Morgan fingerprint density at radius 3 is 2.45 bits per heavy atom. The van der Waals surface area contributed by atoms with E-state index in [2.05, 4.69) is 19.2 Å². The predicted molar refractivity (Wildman–Crippen MR) is 127 cm³/mol. The number of carbonyl (C=O) groups is 1. The lowest BCUT2D eigenvalue weighted by atomic mass is 9.96. The van der Waals surface area contributed by atoms with Gasteiger partial charge in [0, 0.05) is 19.0 Å². The third kappa shape index (κ3) is 6.77. The zero-order valence-electron chi connectivity index (χ0n) is 19.5. The molecule has 0 spiro atoms. The van der Waals surface area contributed by atoms with Crippen LogP contribution < -0.4 is 23.8 Å². The summed E-state index contributed by atoms with van der Waals surface area (Å²) in [4.78, 5) is 12.7. The number of ether oxygens (including phenoxy) is 3. The van der Waals surface area contributed by atoms with Gasteiger partial charge in [-0.3, -0.25) is 9.10 Å². The first-order chi connectivity index (χ1) is 15.7. The van der Waals surface area contributed by atoms with Gasteiger partial charge < -0.3 is 19.5 Å². The zero-order chi connectivity index (χ0) is 24.0. The summed E-state index contributed by atoms with van der Waals surface area (Å²) in [5.74, 6) is 2.13. The van der Waals surface area contributed by atoms with E-state index in [-0.39, 0.29) is 31.7 Å². The van der Waals surface area contributed by atoms with E-state index in [1.54, 1.807) is 25.3 Å². The maximum atomic E-state index is 12.7. The fourth-order valence-electron chi connectivity index (χ4n) is 3.76. The number of methoxy groups -OCH3 is 1. The van der Waals surface area contributed by atoms with Crippen LogP contribution >= 0.6 is 0 Å². The van der Waals surface area contributed by atoms with Gasteiger partial charge >= 0.3 is 0 Å². The van der Waals surface area contributed by atoms with Gasteiger partial charge in [-0.2, -0.15) is 0 Å². The number of hydrogen-bond donors (Lipinski definition) is 1. The Morgan fingerprint density at radius 2 is 1.82 bits per heavy atom. The van der Waals surface area contributed by atoms with Crippen LogP contribution in [0.4, 0.5) is 5.69 Å². The molecule has 0 aliphatic carbocycles. The van der Waals surface area contributed by atoms with Crippen molar-refractivity contribution in [3.63, 3.8) is 0 Å². The first kappa shape index (κ1) is 24.7. The zero-order valence-corrected chi connectivity index (χ0v) is 20.4. The van der Waals surface area contributed by atoms with E-state index in [0.717, 1.165) is 24.0 Å². The molecule has 8 nitrogen and oxygen atoms in total. The second kappa shape index (κ2) is 10.8. The van der Waals surface area contributed by atoms with Crippen LogP contribution in [0.3, 0.4) is 0 Å². The summed E-state index contributed by atoms with van der Waals surface area (Å²) in [7, 11) is -1.91. The summed E-state index contributed by atoms with van der Waals surface area (Å²) >= 11 is 0. The van der Waals surface area contributed by atoms with Crippen LogP contribution in [0.5, 0.6) is 17.2 Å². The van der Waals surface area contributed by atoms with Gasteiger partial charge in [0.15, 0.2) is 11.5 Å². The van der Waals surface area contributed by atoms with Crippen molar-refractivity contribution >= 4 is 21.6 Å². The standard InChI is InChI=1S/C24H32N2O6S/c1-17(2)14-21(18-7-10-20(30-3)11-8-18)25-24(27)6-5-13-26(33(4,28)29)19-9-12-22-23(15-19)32-16-31-22/h7-12,15,17,21H,5-6,13-14,16H2,1-4H3,(H,25,27). The monoisotopic (exact) mass is 476 g/mol. The molecule has 1 aliphatic heterocycles. The Morgan fingerprint density at radius 1 is 1.12 bits per heavy atom. The Hall–Kier alpha value is -2.94. The first-order valence-corrected chi connectivity index (χ1v) is 12.8. The van der Waals surface area contributed by atoms with E-state index >= 15 is 0 Å². The molecule has 0 saturated heterocycles. The topological polar surface area (TPSA) is 94.2 Å². The number of amides is 1. The molecule has 0 fully saturated rings. The Balaban J connectivity index is 1.62. The molecule has 0 radical (unpaired) electrons. The van der Waals surface area contributed by atoms with Gasteiger partial charge in [0.05, 0.1) is 25.1 Å². The number of fused-ring (bicyclic) bond motifs is 1. The molecule has 0 aromatic heterocycles. The minimum absolute atomic E-state index is 0.115. The van der Waals surface area contributed by atoms with E-state index < -0.39 is 10.0 Å². The molecule has 1 unspecified atom stereocenters. The molecule has 1 heterocycles. The van der Waals surface area contributed by atoms with Crippen molar-refractivity contribution in [2.45, 2.75) is 39.2 Å². The molecule has 3 rings (SSSR count). The minimum atomic E-state index is -3.53. The van der Waals surface area contributed by atoms with Crippen LogP contribution in [-0.4, -0.2) is 41.0 Å². The fraction of sp³-hybridized carbons (Fsp3) is 0.458. The smallest absolute Gasteiger partial charge is 0.232 e. The summed E-state index contributed by atoms with van der Waals surface area (Å²) in [5, 5.41) is 3.10. The molecular formula is C24H32N2O6S. The van der Waals surface area contributed by atoms with Crippen molar-refractivity contribution in [2.75, 3.05) is 31.0 Å². The minimum Gasteiger partial charge on any atom is -0.497 e. The highest BCUT2D eigenvalue weighted by atomic mass is 32.2. The van der Waals surface area contributed by atoms with Crippen LogP contribution in [0.1, 0.15) is 44.7 Å². The Labute approximate surface area is 195 Å². The van der Waals surface area contributed by atoms with Gasteiger partial charge in [0.2, 0.25) is 22.7 Å². The average Bonchev–Trinajstić information content (AvgIpc) is 3.23. The predicted octanol–water partition coefficient (Wildman–Crippen LogP) is 3.87. The number of nitrogens with one attached hydrogen (secondary N) is 1. The molecule has 1 aliphatic rings. The van der Waals surface area contributed by atoms with Crippen molar-refractivity contribution in [1.29, 1.82) is 0 Å². The van der Waals surface area contributed by atoms with Gasteiger partial charge in [-0.15, -0.1) is 0 Å². The number of benzene rings is 2. The Bertz CT molecular complexity index is 1050. The second-order valence-corrected chi connectivity index (χ2v) is 10.4. The summed E-state index contributed by atoms with van der Waals surface area (Å²) in [6.45, 7) is 4.52. The molecular weight excluding hydrogens is 444 g/mol. The van der Waals surface area contributed by atoms with Gasteiger partial charge in [-0.05, 0) is 48.6 Å². The van der Waals surface area contributed by atoms with E-state index in [1.807, 2.05) is 24.3 Å². The molecule has 9 heteroatoms. The number of anilines is 1. The van der Waals surface area contributed by atoms with Crippen LogP contribution in [0.2, 0.25) is 0 Å². The normalized spacial score (nSPS) is 13.6. The molecule has 1 N–H and O–H groups in total. The lowest BCUT2D eigenvalue weighted by molar-refractivity contribution is -0.122. The third-order valence-electron chi connectivity index (χ3n) is 5.37. The molecule has 0 saturated carbocycles. The van der Waals surface area contributed by atoms with Gasteiger partial charge in [0.1, 0.15) is 5.75 Å². The largest absolute Gasteiger partial charge is 0.497 e. The van der Waals surface area contributed by atoms with Crippen molar-refractivity contribution in [3.8, 4) is 17.2 Å². The van der Waals surface area contributed by atoms with Crippen molar-refractivity contribution in [2.24, 2.45) is 5.92 Å². The highest BCUT2D eigenvalue weighted by molar-refractivity contribution is 7.92. The van der Waals surface area contributed by atoms with Gasteiger partial charge in [-0.25, -0.2) is 8.42 Å². The first-order valence-electron chi connectivity index (χ1n) is 11.0. The molecule has 1 atom stereocenters. The number of rotatable bonds is 11. The number of carbonyl (C=O) groups excluding carboxylic acids is 1. The number of sulfonamides is 1. The summed E-state index contributed by atoms with van der Waals surface area (Å²) in [6.07, 6.45) is 2.54.